The van der Waals surface area contributed by atoms with E-state index in [0.29, 0.717) is 11.1 Å². The van der Waals surface area contributed by atoms with E-state index in [1.807, 2.05) is 0 Å². The molecule has 1 atom stereocenters. The molecule has 0 spiro atoms. The number of nitrogens with one attached hydrogen (secondary N) is 1. The third-order valence-corrected chi connectivity index (χ3v) is 2.84. The van der Waals surface area contributed by atoms with Crippen LogP contribution in [0.1, 0.15) is 22.7 Å². The van der Waals surface area contributed by atoms with Crippen LogP contribution in [-0.2, 0) is 0 Å². The molecular weight excluding hydrogens is 236 g/mol. The number of aryl methyl sites for hydroxylation is 1. The fourth-order valence-electron chi connectivity index (χ4n) is 1.89. The van der Waals surface area contributed by atoms with E-state index in [9.17, 15) is 8.78 Å². The first-order valence-corrected chi connectivity index (χ1v) is 5.53. The Balaban J connectivity index is 2.56. The Kier molecular flexibility index (Phi) is 3.62. The van der Waals surface area contributed by atoms with Crippen molar-refractivity contribution in [2.45, 2.75) is 13.0 Å². The molecule has 2 aromatic rings. The third kappa shape index (κ3) is 2.22. The molecule has 1 N–H and O–H groups in total. The molecule has 1 heterocycles. The van der Waals surface area contributed by atoms with Gasteiger partial charge in [0.2, 0.25) is 0 Å². The zero-order chi connectivity index (χ0) is 13.1. The lowest BCUT2D eigenvalue weighted by Crippen LogP contribution is -2.21. The molecule has 3 nitrogen and oxygen atoms in total. The van der Waals surface area contributed by atoms with E-state index in [0.717, 1.165) is 0 Å². The summed E-state index contributed by atoms with van der Waals surface area (Å²) in [5.74, 6) is -1.11. The number of hydrogen-bond donors (Lipinski definition) is 1. The van der Waals surface area contributed by atoms with Gasteiger partial charge < -0.3 is 5.32 Å². The number of benzene rings is 1. The Morgan fingerprint density at radius 2 is 1.94 bits per heavy atom. The van der Waals surface area contributed by atoms with Crippen LogP contribution in [0.25, 0.3) is 0 Å². The van der Waals surface area contributed by atoms with Crippen molar-refractivity contribution in [3.63, 3.8) is 0 Å². The van der Waals surface area contributed by atoms with Crippen LogP contribution in [0, 0.1) is 18.6 Å². The Bertz CT molecular complexity index is 543. The topological polar surface area (TPSA) is 37.8 Å². The molecule has 0 fully saturated rings. The molecule has 94 valence electrons. The maximum atomic E-state index is 14.1. The predicted molar refractivity (Wildman–Crippen MR) is 64.0 cm³/mol. The van der Waals surface area contributed by atoms with E-state index in [2.05, 4.69) is 15.5 Å². The zero-order valence-electron chi connectivity index (χ0n) is 10.1. The van der Waals surface area contributed by atoms with Crippen molar-refractivity contribution in [2.24, 2.45) is 0 Å². The minimum Gasteiger partial charge on any atom is -0.309 e. The summed E-state index contributed by atoms with van der Waals surface area (Å²) in [5.41, 5.74) is 1.08. The van der Waals surface area contributed by atoms with Crippen LogP contribution in [-0.4, -0.2) is 17.2 Å². The average Bonchev–Trinajstić information content (AvgIpc) is 2.40. The van der Waals surface area contributed by atoms with Crippen molar-refractivity contribution >= 4 is 0 Å². The largest absolute Gasteiger partial charge is 0.309 e. The first-order valence-electron chi connectivity index (χ1n) is 5.53. The number of aromatic nitrogens is 2. The maximum absolute atomic E-state index is 14.1. The van der Waals surface area contributed by atoms with Crippen LogP contribution < -0.4 is 5.32 Å². The fraction of sp³-hybridized carbons (Fsp3) is 0.231. The fourth-order valence-corrected chi connectivity index (χ4v) is 1.89. The average molecular weight is 249 g/mol. The molecular formula is C13H13F2N3. The van der Waals surface area contributed by atoms with Crippen molar-refractivity contribution in [3.8, 4) is 0 Å². The highest BCUT2D eigenvalue weighted by Crippen LogP contribution is 2.27. The van der Waals surface area contributed by atoms with Crippen LogP contribution in [0.3, 0.4) is 0 Å². The SMILES string of the molecule is CNC(c1ccnnc1)c1c(F)ccc(C)c1F. The molecule has 0 radical (unpaired) electrons. The van der Waals surface area contributed by atoms with E-state index >= 15 is 0 Å². The zero-order valence-corrected chi connectivity index (χ0v) is 10.1. The Morgan fingerprint density at radius 1 is 1.17 bits per heavy atom. The van der Waals surface area contributed by atoms with Crippen molar-refractivity contribution in [2.75, 3.05) is 7.05 Å². The summed E-state index contributed by atoms with van der Waals surface area (Å²) in [7, 11) is 1.65. The maximum Gasteiger partial charge on any atom is 0.134 e. The quantitative estimate of drug-likeness (QED) is 0.907. The van der Waals surface area contributed by atoms with Crippen LogP contribution in [0.4, 0.5) is 8.78 Å². The summed E-state index contributed by atoms with van der Waals surface area (Å²) in [4.78, 5) is 0. The smallest absolute Gasteiger partial charge is 0.134 e. The van der Waals surface area contributed by atoms with Gasteiger partial charge in [-0.15, -0.1) is 0 Å². The van der Waals surface area contributed by atoms with Crippen LogP contribution in [0.2, 0.25) is 0 Å². The van der Waals surface area contributed by atoms with Crippen molar-refractivity contribution in [3.05, 3.63) is 58.9 Å². The Morgan fingerprint density at radius 3 is 2.56 bits per heavy atom. The first kappa shape index (κ1) is 12.6. The van der Waals surface area contributed by atoms with Gasteiger partial charge in [0.25, 0.3) is 0 Å². The summed E-state index contributed by atoms with van der Waals surface area (Å²) >= 11 is 0. The minimum absolute atomic E-state index is 0.00509. The summed E-state index contributed by atoms with van der Waals surface area (Å²) in [6, 6.07) is 3.79. The van der Waals surface area contributed by atoms with Gasteiger partial charge in [0.15, 0.2) is 0 Å². The van der Waals surface area contributed by atoms with Gasteiger partial charge in [0.1, 0.15) is 11.6 Å². The normalized spacial score (nSPS) is 12.4. The third-order valence-electron chi connectivity index (χ3n) is 2.84. The monoisotopic (exact) mass is 249 g/mol. The summed E-state index contributed by atoms with van der Waals surface area (Å²) in [5, 5.41) is 10.3. The lowest BCUT2D eigenvalue weighted by atomic mass is 9.97. The summed E-state index contributed by atoms with van der Waals surface area (Å²) in [6.07, 6.45) is 2.98. The molecule has 0 amide bonds. The first-order chi connectivity index (χ1) is 8.65. The van der Waals surface area contributed by atoms with Crippen molar-refractivity contribution in [1.82, 2.24) is 15.5 Å². The van der Waals surface area contributed by atoms with Gasteiger partial charge in [-0.2, -0.15) is 10.2 Å². The molecule has 0 bridgehead atoms. The standard InChI is InChI=1S/C13H13F2N3/c1-8-3-4-10(14)11(12(8)15)13(16-2)9-5-6-17-18-7-9/h3-7,13,16H,1-2H3. The van der Waals surface area contributed by atoms with E-state index < -0.39 is 17.7 Å². The van der Waals surface area contributed by atoms with E-state index in [1.54, 1.807) is 20.0 Å². The van der Waals surface area contributed by atoms with Gasteiger partial charge in [-0.05, 0) is 37.2 Å². The molecule has 1 aromatic heterocycles. The van der Waals surface area contributed by atoms with Gasteiger partial charge in [-0.3, -0.25) is 0 Å². The molecule has 1 aromatic carbocycles. The van der Waals surface area contributed by atoms with Gasteiger partial charge in [0, 0.05) is 11.8 Å². The highest BCUT2D eigenvalue weighted by molar-refractivity contribution is 5.35. The molecule has 0 saturated heterocycles. The van der Waals surface area contributed by atoms with E-state index in [1.165, 1.54) is 24.5 Å². The summed E-state index contributed by atoms with van der Waals surface area (Å²) in [6.45, 7) is 1.61. The second-order valence-electron chi connectivity index (χ2n) is 3.99. The number of nitrogens with zero attached hydrogens (tertiary/aromatic N) is 2. The second-order valence-corrected chi connectivity index (χ2v) is 3.99. The minimum atomic E-state index is -0.583. The van der Waals surface area contributed by atoms with Crippen LogP contribution in [0.5, 0.6) is 0 Å². The molecule has 2 rings (SSSR count). The number of rotatable bonds is 3. The molecule has 1 unspecified atom stereocenters. The van der Waals surface area contributed by atoms with Gasteiger partial charge in [0.05, 0.1) is 12.2 Å². The summed E-state index contributed by atoms with van der Waals surface area (Å²) < 4.78 is 27.9. The predicted octanol–water partition coefficient (Wildman–Crippen LogP) is 2.37. The van der Waals surface area contributed by atoms with Crippen LogP contribution >= 0.6 is 0 Å². The number of halogens is 2. The van der Waals surface area contributed by atoms with Gasteiger partial charge in [-0.25, -0.2) is 8.78 Å². The lowest BCUT2D eigenvalue weighted by Gasteiger charge is -2.18. The van der Waals surface area contributed by atoms with E-state index in [-0.39, 0.29) is 5.56 Å². The number of hydrogen-bond acceptors (Lipinski definition) is 3. The van der Waals surface area contributed by atoms with Gasteiger partial charge in [-0.1, -0.05) is 6.07 Å². The highest BCUT2D eigenvalue weighted by Gasteiger charge is 2.21. The highest BCUT2D eigenvalue weighted by atomic mass is 19.1. The van der Waals surface area contributed by atoms with Gasteiger partial charge >= 0.3 is 0 Å². The molecule has 0 aliphatic rings. The second kappa shape index (κ2) is 5.18. The molecule has 0 aliphatic carbocycles. The Labute approximate surface area is 104 Å². The molecule has 5 heteroatoms. The van der Waals surface area contributed by atoms with Crippen molar-refractivity contribution < 1.29 is 8.78 Å². The molecule has 0 aliphatic heterocycles. The van der Waals surface area contributed by atoms with Crippen molar-refractivity contribution in [1.29, 1.82) is 0 Å². The van der Waals surface area contributed by atoms with E-state index in [4.69, 9.17) is 0 Å². The Hall–Kier alpha value is -1.88. The molecule has 0 saturated carbocycles. The molecule has 18 heavy (non-hydrogen) atoms. The van der Waals surface area contributed by atoms with Crippen LogP contribution in [0.15, 0.2) is 30.6 Å². The lowest BCUT2D eigenvalue weighted by molar-refractivity contribution is 0.517.